The zero-order valence-corrected chi connectivity index (χ0v) is 17.5. The van der Waals surface area contributed by atoms with Crippen molar-refractivity contribution in [3.63, 3.8) is 0 Å². The largest absolute Gasteiger partial charge is 0.339 e. The average molecular weight is 383 g/mol. The van der Waals surface area contributed by atoms with Crippen molar-refractivity contribution in [2.75, 3.05) is 18.4 Å². The van der Waals surface area contributed by atoms with E-state index < -0.39 is 0 Å². The molecule has 0 aliphatic carbocycles. The van der Waals surface area contributed by atoms with Gasteiger partial charge >= 0.3 is 0 Å². The molecule has 1 N–H and O–H groups in total. The van der Waals surface area contributed by atoms with Crippen molar-refractivity contribution >= 4 is 17.5 Å². The second kappa shape index (κ2) is 7.78. The first-order chi connectivity index (χ1) is 13.2. The molecule has 150 valence electrons. The van der Waals surface area contributed by atoms with Crippen molar-refractivity contribution in [3.05, 3.63) is 47.3 Å². The van der Waals surface area contributed by atoms with Gasteiger partial charge in [-0.25, -0.2) is 0 Å². The van der Waals surface area contributed by atoms with Crippen LogP contribution in [0.2, 0.25) is 0 Å². The highest BCUT2D eigenvalue weighted by Crippen LogP contribution is 2.24. The predicted molar refractivity (Wildman–Crippen MR) is 111 cm³/mol. The number of carbonyl (C=O) groups is 2. The van der Waals surface area contributed by atoms with Crippen LogP contribution in [0.1, 0.15) is 67.1 Å². The molecule has 1 aromatic heterocycles. The van der Waals surface area contributed by atoms with Gasteiger partial charge in [0.2, 0.25) is 0 Å². The minimum absolute atomic E-state index is 0.0248. The van der Waals surface area contributed by atoms with Gasteiger partial charge in [0.15, 0.2) is 0 Å². The van der Waals surface area contributed by atoms with Gasteiger partial charge in [-0.3, -0.25) is 14.3 Å². The van der Waals surface area contributed by atoms with Crippen LogP contribution in [0.5, 0.6) is 0 Å². The number of nitrogens with one attached hydrogen (secondary N) is 1. The van der Waals surface area contributed by atoms with Gasteiger partial charge in [0.1, 0.15) is 5.69 Å². The quantitative estimate of drug-likeness (QED) is 0.877. The van der Waals surface area contributed by atoms with Crippen molar-refractivity contribution in [2.45, 2.75) is 46.0 Å². The Hall–Kier alpha value is -2.63. The van der Waals surface area contributed by atoms with Crippen LogP contribution < -0.4 is 5.32 Å². The molecule has 2 heterocycles. The Morgan fingerprint density at radius 1 is 1.14 bits per heavy atom. The van der Waals surface area contributed by atoms with E-state index in [9.17, 15) is 9.59 Å². The van der Waals surface area contributed by atoms with Crippen LogP contribution in [-0.2, 0) is 12.5 Å². The van der Waals surface area contributed by atoms with Gasteiger partial charge in [0, 0.05) is 25.6 Å². The summed E-state index contributed by atoms with van der Waals surface area (Å²) in [6, 6.07) is 9.02. The topological polar surface area (TPSA) is 67.2 Å². The maximum atomic E-state index is 13.0. The fourth-order valence-corrected chi connectivity index (χ4v) is 3.39. The molecule has 0 spiro atoms. The average Bonchev–Trinajstić information content (AvgIpc) is 3.04. The smallest absolute Gasteiger partial charge is 0.273 e. The Bertz CT molecular complexity index is 871. The molecule has 28 heavy (non-hydrogen) atoms. The summed E-state index contributed by atoms with van der Waals surface area (Å²) in [4.78, 5) is 27.8. The van der Waals surface area contributed by atoms with Crippen LogP contribution >= 0.6 is 0 Å². The van der Waals surface area contributed by atoms with Gasteiger partial charge in [0.05, 0.1) is 16.9 Å². The molecule has 6 nitrogen and oxygen atoms in total. The number of nitrogens with zero attached hydrogens (tertiary/aromatic N) is 3. The van der Waals surface area contributed by atoms with Gasteiger partial charge in [-0.15, -0.1) is 0 Å². The number of hydrogen-bond acceptors (Lipinski definition) is 3. The molecule has 2 aromatic rings. The van der Waals surface area contributed by atoms with E-state index in [0.29, 0.717) is 22.9 Å². The van der Waals surface area contributed by atoms with Crippen molar-refractivity contribution in [1.29, 1.82) is 0 Å². The molecule has 0 atom stereocenters. The zero-order chi connectivity index (χ0) is 20.5. The predicted octanol–water partition coefficient (Wildman–Crippen LogP) is 3.84. The van der Waals surface area contributed by atoms with Crippen LogP contribution in [0.3, 0.4) is 0 Å². The maximum absolute atomic E-state index is 13.0. The molecule has 1 aromatic carbocycles. The van der Waals surface area contributed by atoms with Gasteiger partial charge in [-0.2, -0.15) is 5.10 Å². The van der Waals surface area contributed by atoms with Crippen LogP contribution in [0, 0.1) is 5.92 Å². The number of para-hydroxylation sites is 1. The second-order valence-corrected chi connectivity index (χ2v) is 8.76. The van der Waals surface area contributed by atoms with Crippen molar-refractivity contribution < 1.29 is 9.59 Å². The third-order valence-corrected chi connectivity index (χ3v) is 5.36. The standard InChI is InChI=1S/C22H30N4O2/c1-15-10-12-26(13-11-15)21(28)16-8-6-7-9-17(16)23-20(27)18-14-19(22(2,3)4)24-25(18)5/h6-9,14-15H,10-13H2,1-5H3,(H,23,27). The molecule has 0 bridgehead atoms. The summed E-state index contributed by atoms with van der Waals surface area (Å²) < 4.78 is 1.59. The van der Waals surface area contributed by atoms with Crippen LogP contribution in [0.4, 0.5) is 5.69 Å². The minimum atomic E-state index is -0.266. The number of carbonyl (C=O) groups excluding carboxylic acids is 2. The highest BCUT2D eigenvalue weighted by atomic mass is 16.2. The number of aryl methyl sites for hydroxylation is 1. The van der Waals surface area contributed by atoms with Crippen LogP contribution in [0.15, 0.2) is 30.3 Å². The van der Waals surface area contributed by atoms with E-state index in [0.717, 1.165) is 31.6 Å². The number of likely N-dealkylation sites (tertiary alicyclic amines) is 1. The second-order valence-electron chi connectivity index (χ2n) is 8.76. The first-order valence-electron chi connectivity index (χ1n) is 9.91. The molecule has 2 amide bonds. The molecule has 3 rings (SSSR count). The molecule has 0 saturated carbocycles. The fraction of sp³-hybridized carbons (Fsp3) is 0.500. The monoisotopic (exact) mass is 382 g/mol. The fourth-order valence-electron chi connectivity index (χ4n) is 3.39. The Morgan fingerprint density at radius 3 is 2.39 bits per heavy atom. The molecular weight excluding hydrogens is 352 g/mol. The molecule has 6 heteroatoms. The Kier molecular flexibility index (Phi) is 5.59. The third kappa shape index (κ3) is 4.26. The highest BCUT2D eigenvalue weighted by Gasteiger charge is 2.25. The van der Waals surface area contributed by atoms with Crippen LogP contribution in [0.25, 0.3) is 0 Å². The van der Waals surface area contributed by atoms with E-state index in [1.54, 1.807) is 23.9 Å². The summed E-state index contributed by atoms with van der Waals surface area (Å²) >= 11 is 0. The van der Waals surface area contributed by atoms with E-state index in [1.807, 2.05) is 23.1 Å². The number of rotatable bonds is 3. The van der Waals surface area contributed by atoms with Crippen molar-refractivity contribution in [1.82, 2.24) is 14.7 Å². The third-order valence-electron chi connectivity index (χ3n) is 5.36. The van der Waals surface area contributed by atoms with E-state index in [2.05, 4.69) is 38.1 Å². The Labute approximate surface area is 166 Å². The molecule has 1 saturated heterocycles. The van der Waals surface area contributed by atoms with Crippen LogP contribution in [-0.4, -0.2) is 39.6 Å². The number of piperidine rings is 1. The van der Waals surface area contributed by atoms with Crippen molar-refractivity contribution in [3.8, 4) is 0 Å². The van der Waals surface area contributed by atoms with Gasteiger partial charge in [-0.05, 0) is 37.0 Å². The summed E-state index contributed by atoms with van der Waals surface area (Å²) in [6.45, 7) is 9.92. The number of benzene rings is 1. The number of aromatic nitrogens is 2. The summed E-state index contributed by atoms with van der Waals surface area (Å²) in [6.07, 6.45) is 2.04. The Balaban J connectivity index is 1.81. The number of hydrogen-bond donors (Lipinski definition) is 1. The summed E-state index contributed by atoms with van der Waals surface area (Å²) in [7, 11) is 1.76. The molecule has 1 aliphatic rings. The lowest BCUT2D eigenvalue weighted by atomic mass is 9.92. The summed E-state index contributed by atoms with van der Waals surface area (Å²) in [5.41, 5.74) is 2.25. The lowest BCUT2D eigenvalue weighted by Crippen LogP contribution is -2.38. The Morgan fingerprint density at radius 2 is 1.79 bits per heavy atom. The summed E-state index contributed by atoms with van der Waals surface area (Å²) in [5, 5.41) is 7.38. The summed E-state index contributed by atoms with van der Waals surface area (Å²) in [5.74, 6) is 0.363. The molecule has 0 radical (unpaired) electrons. The lowest BCUT2D eigenvalue weighted by molar-refractivity contribution is 0.0698. The van der Waals surface area contributed by atoms with E-state index >= 15 is 0 Å². The minimum Gasteiger partial charge on any atom is -0.339 e. The van der Waals surface area contributed by atoms with Crippen molar-refractivity contribution in [2.24, 2.45) is 13.0 Å². The maximum Gasteiger partial charge on any atom is 0.273 e. The molecule has 1 fully saturated rings. The van der Waals surface area contributed by atoms with E-state index in [4.69, 9.17) is 0 Å². The molecular formula is C22H30N4O2. The highest BCUT2D eigenvalue weighted by molar-refractivity contribution is 6.08. The normalized spacial score (nSPS) is 15.5. The zero-order valence-electron chi connectivity index (χ0n) is 17.5. The van der Waals surface area contributed by atoms with Gasteiger partial charge in [-0.1, -0.05) is 39.8 Å². The van der Waals surface area contributed by atoms with E-state index in [1.165, 1.54) is 0 Å². The van der Waals surface area contributed by atoms with Gasteiger partial charge < -0.3 is 10.2 Å². The van der Waals surface area contributed by atoms with Gasteiger partial charge in [0.25, 0.3) is 11.8 Å². The molecule has 0 unspecified atom stereocenters. The number of anilines is 1. The van der Waals surface area contributed by atoms with E-state index in [-0.39, 0.29) is 17.2 Å². The first-order valence-corrected chi connectivity index (χ1v) is 9.91. The first kappa shape index (κ1) is 20.1. The lowest BCUT2D eigenvalue weighted by Gasteiger charge is -2.30. The SMILES string of the molecule is CC1CCN(C(=O)c2ccccc2NC(=O)c2cc(C(C)(C)C)nn2C)CC1. The molecule has 1 aliphatic heterocycles. The number of amides is 2.